The third kappa shape index (κ3) is 3.41. The van der Waals surface area contributed by atoms with Gasteiger partial charge in [-0.15, -0.1) is 0 Å². The Hall–Kier alpha value is -2.69. The van der Waals surface area contributed by atoms with Crippen LogP contribution in [0.25, 0.3) is 11.4 Å². The Labute approximate surface area is 156 Å². The number of alkyl halides is 3. The minimum atomic E-state index is -5.10. The Kier molecular flexibility index (Phi) is 5.04. The minimum absolute atomic E-state index is 0.0789. The van der Waals surface area contributed by atoms with Crippen molar-refractivity contribution >= 4 is 5.91 Å². The second-order valence-corrected chi connectivity index (χ2v) is 6.80. The van der Waals surface area contributed by atoms with Crippen molar-refractivity contribution in [3.63, 3.8) is 0 Å². The van der Waals surface area contributed by atoms with Crippen molar-refractivity contribution in [2.24, 2.45) is 0 Å². The minimum Gasteiger partial charge on any atom is -0.373 e. The lowest BCUT2D eigenvalue weighted by Gasteiger charge is -2.37. The van der Waals surface area contributed by atoms with E-state index >= 15 is 0 Å². The van der Waals surface area contributed by atoms with E-state index in [9.17, 15) is 32.3 Å². The SMILES string of the molecule is C[C@@](O)(C(=O)N1CCC(n2c(-c3ccccc3F)n[nH]c2=O)CC1)C(F)(F)F. The van der Waals surface area contributed by atoms with Gasteiger partial charge in [0.15, 0.2) is 5.82 Å². The Morgan fingerprint density at radius 3 is 2.43 bits per heavy atom. The first-order chi connectivity index (χ1) is 13.0. The normalized spacial score (nSPS) is 18.1. The molecule has 1 aliphatic rings. The van der Waals surface area contributed by atoms with Crippen LogP contribution in [0.3, 0.4) is 0 Å². The fourth-order valence-corrected chi connectivity index (χ4v) is 3.23. The van der Waals surface area contributed by atoms with Crippen molar-refractivity contribution in [2.45, 2.75) is 37.6 Å². The molecule has 0 unspecified atom stereocenters. The average molecular weight is 402 g/mol. The molecule has 2 N–H and O–H groups in total. The lowest BCUT2D eigenvalue weighted by Crippen LogP contribution is -2.57. The van der Waals surface area contributed by atoms with Crippen LogP contribution in [0.15, 0.2) is 29.1 Å². The molecule has 0 spiro atoms. The van der Waals surface area contributed by atoms with Crippen molar-refractivity contribution in [3.8, 4) is 11.4 Å². The number of carbonyl (C=O) groups is 1. The van der Waals surface area contributed by atoms with Crippen LogP contribution in [0.5, 0.6) is 0 Å². The molecule has 7 nitrogen and oxygen atoms in total. The highest BCUT2D eigenvalue weighted by Gasteiger charge is 2.57. The molecule has 1 saturated heterocycles. The fourth-order valence-electron chi connectivity index (χ4n) is 3.23. The Bertz CT molecular complexity index is 927. The third-order valence-electron chi connectivity index (χ3n) is 4.90. The van der Waals surface area contributed by atoms with Crippen LogP contribution in [-0.4, -0.2) is 55.5 Å². The lowest BCUT2D eigenvalue weighted by atomic mass is 9.99. The topological polar surface area (TPSA) is 91.2 Å². The summed E-state index contributed by atoms with van der Waals surface area (Å²) in [4.78, 5) is 25.2. The zero-order chi connectivity index (χ0) is 20.7. The molecule has 1 fully saturated rings. The van der Waals surface area contributed by atoms with E-state index in [0.29, 0.717) is 6.92 Å². The Morgan fingerprint density at radius 1 is 1.25 bits per heavy atom. The van der Waals surface area contributed by atoms with E-state index in [2.05, 4.69) is 10.2 Å². The van der Waals surface area contributed by atoms with E-state index in [-0.39, 0.29) is 37.3 Å². The molecule has 1 aromatic carbocycles. The standard InChI is InChI=1S/C17H18F4N4O3/c1-16(28,17(19,20)21)14(26)24-8-6-10(7-9-24)25-13(22-23-15(25)27)11-4-2-3-5-12(11)18/h2-5,10,28H,6-9H2,1H3,(H,23,27)/t16-/m1/s1. The van der Waals surface area contributed by atoms with Crippen molar-refractivity contribution in [1.82, 2.24) is 19.7 Å². The largest absolute Gasteiger partial charge is 0.426 e. The summed E-state index contributed by atoms with van der Waals surface area (Å²) in [6, 6.07) is 5.27. The number of carbonyl (C=O) groups excluding carboxylic acids is 1. The molecule has 0 saturated carbocycles. The summed E-state index contributed by atoms with van der Waals surface area (Å²) >= 11 is 0. The number of H-pyrrole nitrogens is 1. The number of nitrogens with one attached hydrogen (secondary N) is 1. The summed E-state index contributed by atoms with van der Waals surface area (Å²) in [5, 5.41) is 15.7. The summed E-state index contributed by atoms with van der Waals surface area (Å²) in [6.45, 7) is 0.229. The van der Waals surface area contributed by atoms with Gasteiger partial charge in [-0.1, -0.05) is 12.1 Å². The third-order valence-corrected chi connectivity index (χ3v) is 4.90. The molecular formula is C17H18F4N4O3. The van der Waals surface area contributed by atoms with E-state index in [1.54, 1.807) is 6.07 Å². The molecule has 0 bridgehead atoms. The van der Waals surface area contributed by atoms with Gasteiger partial charge in [0.05, 0.1) is 5.56 Å². The van der Waals surface area contributed by atoms with Crippen molar-refractivity contribution < 1.29 is 27.5 Å². The average Bonchev–Trinajstić information content (AvgIpc) is 3.02. The van der Waals surface area contributed by atoms with Crippen molar-refractivity contribution in [2.75, 3.05) is 13.1 Å². The maximum absolute atomic E-state index is 14.1. The number of piperidine rings is 1. The Morgan fingerprint density at radius 2 is 1.86 bits per heavy atom. The number of halogens is 4. The van der Waals surface area contributed by atoms with Gasteiger partial charge in [-0.05, 0) is 31.9 Å². The van der Waals surface area contributed by atoms with Crippen LogP contribution in [-0.2, 0) is 4.79 Å². The van der Waals surface area contributed by atoms with Gasteiger partial charge in [0, 0.05) is 19.1 Å². The summed E-state index contributed by atoms with van der Waals surface area (Å²) in [5.74, 6) is -1.93. The molecule has 152 valence electrons. The van der Waals surface area contributed by atoms with E-state index in [1.807, 2.05) is 0 Å². The zero-order valence-electron chi connectivity index (χ0n) is 14.8. The number of likely N-dealkylation sites (tertiary alicyclic amines) is 1. The fraction of sp³-hybridized carbons (Fsp3) is 0.471. The molecule has 0 radical (unpaired) electrons. The molecule has 3 rings (SSSR count). The number of benzene rings is 1. The highest BCUT2D eigenvalue weighted by molar-refractivity contribution is 5.85. The second-order valence-electron chi connectivity index (χ2n) is 6.80. The summed E-state index contributed by atoms with van der Waals surface area (Å²) < 4.78 is 54.0. The molecule has 2 aromatic rings. The molecule has 0 aliphatic carbocycles. The number of aliphatic hydroxyl groups is 1. The first-order valence-electron chi connectivity index (χ1n) is 8.54. The predicted molar refractivity (Wildman–Crippen MR) is 89.8 cm³/mol. The van der Waals surface area contributed by atoms with E-state index in [1.165, 1.54) is 22.8 Å². The molecule has 1 amide bonds. The van der Waals surface area contributed by atoms with Gasteiger partial charge < -0.3 is 10.0 Å². The summed E-state index contributed by atoms with van der Waals surface area (Å²) in [6.07, 6.45) is -4.79. The van der Waals surface area contributed by atoms with Crippen LogP contribution in [0.4, 0.5) is 17.6 Å². The summed E-state index contributed by atoms with van der Waals surface area (Å²) in [5.41, 5.74) is -3.95. The molecule has 1 atom stereocenters. The summed E-state index contributed by atoms with van der Waals surface area (Å²) in [7, 11) is 0. The Balaban J connectivity index is 1.80. The number of aromatic nitrogens is 3. The number of hydrogen-bond donors (Lipinski definition) is 2. The number of rotatable bonds is 3. The second kappa shape index (κ2) is 7.04. The van der Waals surface area contributed by atoms with Gasteiger partial charge in [0.1, 0.15) is 5.82 Å². The van der Waals surface area contributed by atoms with Crippen LogP contribution in [0.2, 0.25) is 0 Å². The number of nitrogens with zero attached hydrogens (tertiary/aromatic N) is 3. The van der Waals surface area contributed by atoms with Gasteiger partial charge in [0.25, 0.3) is 5.91 Å². The van der Waals surface area contributed by atoms with Crippen LogP contribution < -0.4 is 5.69 Å². The number of amides is 1. The number of aromatic amines is 1. The van der Waals surface area contributed by atoms with Gasteiger partial charge in [-0.25, -0.2) is 14.3 Å². The van der Waals surface area contributed by atoms with Gasteiger partial charge in [-0.2, -0.15) is 18.3 Å². The van der Waals surface area contributed by atoms with Crippen LogP contribution in [0, 0.1) is 5.82 Å². The lowest BCUT2D eigenvalue weighted by molar-refractivity contribution is -0.250. The zero-order valence-corrected chi connectivity index (χ0v) is 14.8. The molecular weight excluding hydrogens is 384 g/mol. The monoisotopic (exact) mass is 402 g/mol. The quantitative estimate of drug-likeness (QED) is 0.767. The van der Waals surface area contributed by atoms with Gasteiger partial charge >= 0.3 is 11.9 Å². The molecule has 11 heteroatoms. The highest BCUT2D eigenvalue weighted by Crippen LogP contribution is 2.34. The van der Waals surface area contributed by atoms with Crippen LogP contribution >= 0.6 is 0 Å². The highest BCUT2D eigenvalue weighted by atomic mass is 19.4. The van der Waals surface area contributed by atoms with Crippen LogP contribution in [0.1, 0.15) is 25.8 Å². The first kappa shape index (κ1) is 20.1. The molecule has 1 aromatic heterocycles. The number of hydrogen-bond acceptors (Lipinski definition) is 4. The van der Waals surface area contributed by atoms with E-state index < -0.39 is 35.2 Å². The van der Waals surface area contributed by atoms with Gasteiger partial charge in [-0.3, -0.25) is 9.36 Å². The maximum Gasteiger partial charge on any atom is 0.426 e. The van der Waals surface area contributed by atoms with E-state index in [4.69, 9.17) is 0 Å². The van der Waals surface area contributed by atoms with Crippen molar-refractivity contribution in [1.29, 1.82) is 0 Å². The van der Waals surface area contributed by atoms with E-state index in [0.717, 1.165) is 4.90 Å². The predicted octanol–water partition coefficient (Wildman–Crippen LogP) is 1.85. The van der Waals surface area contributed by atoms with Crippen molar-refractivity contribution in [3.05, 3.63) is 40.6 Å². The van der Waals surface area contributed by atoms with Gasteiger partial charge in [0.2, 0.25) is 5.60 Å². The molecule has 2 heterocycles. The first-order valence-corrected chi connectivity index (χ1v) is 8.54. The molecule has 1 aliphatic heterocycles. The smallest absolute Gasteiger partial charge is 0.373 e. The molecule has 28 heavy (non-hydrogen) atoms. The maximum atomic E-state index is 14.1.